The van der Waals surface area contributed by atoms with E-state index in [-0.39, 0.29) is 0 Å². The lowest BCUT2D eigenvalue weighted by Crippen LogP contribution is -1.95. The summed E-state index contributed by atoms with van der Waals surface area (Å²) >= 11 is 0. The van der Waals surface area contributed by atoms with Gasteiger partial charge in [0.1, 0.15) is 0 Å². The Kier molecular flexibility index (Phi) is 6.49. The first-order valence-electron chi connectivity index (χ1n) is 17.0. The molecule has 0 radical (unpaired) electrons. The number of fused-ring (bicyclic) bond motifs is 6. The van der Waals surface area contributed by atoms with E-state index in [0.717, 1.165) is 28.1 Å². The topological polar surface area (TPSA) is 22.8 Å². The molecule has 10 aromatic rings. The molecule has 0 saturated heterocycles. The van der Waals surface area contributed by atoms with Crippen LogP contribution in [-0.4, -0.2) is 14.1 Å². The SMILES string of the molecule is c1ccc(-c2ccc(-n3c4ccccc4c4cc(-c5ccc6c(c5)c5ccccc5n6-c5cccc(-c6ccccc6)c5)ncc43)cc2)cc1. The monoisotopic (exact) mass is 637 g/mol. The Bertz CT molecular complexity index is 2840. The third-order valence-electron chi connectivity index (χ3n) is 9.97. The Morgan fingerprint density at radius 2 is 0.820 bits per heavy atom. The van der Waals surface area contributed by atoms with Crippen LogP contribution in [0.2, 0.25) is 0 Å². The standard InChI is InChI=1S/C47H31N3/c1-3-12-32(13-4-1)34-22-25-37(26-23-34)49-44-20-9-8-19-40(44)42-30-43(48-31-47(42)49)36-24-27-46-41(29-36)39-18-7-10-21-45(39)50(46)38-17-11-16-35(28-38)33-14-5-2-6-15-33/h1-31H. The van der Waals surface area contributed by atoms with Gasteiger partial charge in [-0.2, -0.15) is 0 Å². The molecule has 10 rings (SSSR count). The second kappa shape index (κ2) is 11.5. The molecule has 0 spiro atoms. The van der Waals surface area contributed by atoms with E-state index in [1.165, 1.54) is 60.3 Å². The first-order valence-corrected chi connectivity index (χ1v) is 17.0. The maximum absolute atomic E-state index is 5.09. The van der Waals surface area contributed by atoms with E-state index < -0.39 is 0 Å². The van der Waals surface area contributed by atoms with E-state index in [1.807, 2.05) is 6.20 Å². The normalized spacial score (nSPS) is 11.6. The van der Waals surface area contributed by atoms with Crippen LogP contribution in [0.25, 0.3) is 88.5 Å². The van der Waals surface area contributed by atoms with Gasteiger partial charge in [0.25, 0.3) is 0 Å². The molecule has 0 saturated carbocycles. The molecule has 0 amide bonds. The zero-order chi connectivity index (χ0) is 33.0. The third kappa shape index (κ3) is 4.56. The van der Waals surface area contributed by atoms with E-state index >= 15 is 0 Å². The van der Waals surface area contributed by atoms with Crippen LogP contribution in [0, 0.1) is 0 Å². The van der Waals surface area contributed by atoms with Gasteiger partial charge in [0, 0.05) is 38.5 Å². The second-order valence-electron chi connectivity index (χ2n) is 12.9. The van der Waals surface area contributed by atoms with Crippen molar-refractivity contribution in [2.24, 2.45) is 0 Å². The molecule has 0 bridgehead atoms. The molecule has 0 aliphatic rings. The van der Waals surface area contributed by atoms with Crippen molar-refractivity contribution in [1.82, 2.24) is 14.1 Å². The summed E-state index contributed by atoms with van der Waals surface area (Å²) in [6.07, 6.45) is 2.04. The maximum atomic E-state index is 5.09. The summed E-state index contributed by atoms with van der Waals surface area (Å²) in [5.74, 6) is 0. The van der Waals surface area contributed by atoms with E-state index in [0.29, 0.717) is 0 Å². The fourth-order valence-corrected chi connectivity index (χ4v) is 7.60. The first kappa shape index (κ1) is 28.3. The zero-order valence-corrected chi connectivity index (χ0v) is 27.2. The predicted octanol–water partition coefficient (Wildman–Crippen LogP) is 12.3. The minimum Gasteiger partial charge on any atom is -0.309 e. The number of para-hydroxylation sites is 2. The van der Waals surface area contributed by atoms with Crippen molar-refractivity contribution in [2.75, 3.05) is 0 Å². The fraction of sp³-hybridized carbons (Fsp3) is 0. The van der Waals surface area contributed by atoms with Crippen LogP contribution in [0.15, 0.2) is 188 Å². The fourth-order valence-electron chi connectivity index (χ4n) is 7.60. The number of rotatable bonds is 5. The molecule has 0 N–H and O–H groups in total. The largest absolute Gasteiger partial charge is 0.309 e. The lowest BCUT2D eigenvalue weighted by Gasteiger charge is -2.11. The third-order valence-corrected chi connectivity index (χ3v) is 9.97. The summed E-state index contributed by atoms with van der Waals surface area (Å²) < 4.78 is 4.71. The minimum atomic E-state index is 0.963. The van der Waals surface area contributed by atoms with Crippen LogP contribution >= 0.6 is 0 Å². The molecule has 0 aliphatic heterocycles. The van der Waals surface area contributed by atoms with Crippen LogP contribution in [0.5, 0.6) is 0 Å². The van der Waals surface area contributed by atoms with Crippen molar-refractivity contribution >= 4 is 43.6 Å². The van der Waals surface area contributed by atoms with Crippen molar-refractivity contribution in [2.45, 2.75) is 0 Å². The average molecular weight is 638 g/mol. The van der Waals surface area contributed by atoms with Gasteiger partial charge < -0.3 is 9.13 Å². The average Bonchev–Trinajstić information content (AvgIpc) is 3.71. The van der Waals surface area contributed by atoms with Gasteiger partial charge in [-0.25, -0.2) is 0 Å². The van der Waals surface area contributed by atoms with Gasteiger partial charge in [-0.15, -0.1) is 0 Å². The predicted molar refractivity (Wildman–Crippen MR) is 209 cm³/mol. The van der Waals surface area contributed by atoms with Crippen molar-refractivity contribution in [3.63, 3.8) is 0 Å². The van der Waals surface area contributed by atoms with Crippen molar-refractivity contribution < 1.29 is 0 Å². The number of benzene rings is 7. The van der Waals surface area contributed by atoms with Crippen LogP contribution in [0.4, 0.5) is 0 Å². The minimum absolute atomic E-state index is 0.963. The number of pyridine rings is 1. The van der Waals surface area contributed by atoms with Crippen molar-refractivity contribution in [1.29, 1.82) is 0 Å². The highest BCUT2D eigenvalue weighted by Crippen LogP contribution is 2.38. The Hall–Kier alpha value is -6.71. The summed E-state index contributed by atoms with van der Waals surface area (Å²) in [7, 11) is 0. The van der Waals surface area contributed by atoms with Gasteiger partial charge in [0.05, 0.1) is 34.0 Å². The summed E-state index contributed by atoms with van der Waals surface area (Å²) in [6.45, 7) is 0. The molecule has 0 atom stereocenters. The highest BCUT2D eigenvalue weighted by molar-refractivity contribution is 6.12. The Morgan fingerprint density at radius 3 is 1.52 bits per heavy atom. The van der Waals surface area contributed by atoms with Gasteiger partial charge >= 0.3 is 0 Å². The van der Waals surface area contributed by atoms with Crippen LogP contribution in [0.1, 0.15) is 0 Å². The van der Waals surface area contributed by atoms with Gasteiger partial charge in [0.2, 0.25) is 0 Å². The first-order chi connectivity index (χ1) is 24.8. The summed E-state index contributed by atoms with van der Waals surface area (Å²) in [5.41, 5.74) is 13.8. The number of hydrogen-bond acceptors (Lipinski definition) is 1. The molecule has 3 heterocycles. The van der Waals surface area contributed by atoms with Gasteiger partial charge in [0.15, 0.2) is 0 Å². The maximum Gasteiger partial charge on any atom is 0.0724 e. The quantitative estimate of drug-likeness (QED) is 0.184. The molecule has 3 aromatic heterocycles. The number of nitrogens with zero attached hydrogens (tertiary/aromatic N) is 3. The molecular weight excluding hydrogens is 607 g/mol. The summed E-state index contributed by atoms with van der Waals surface area (Å²) in [4.78, 5) is 5.09. The molecule has 0 unspecified atom stereocenters. The highest BCUT2D eigenvalue weighted by Gasteiger charge is 2.17. The summed E-state index contributed by atoms with van der Waals surface area (Å²) in [6, 6.07) is 65.2. The van der Waals surface area contributed by atoms with E-state index in [2.05, 4.69) is 191 Å². The smallest absolute Gasteiger partial charge is 0.0724 e. The zero-order valence-electron chi connectivity index (χ0n) is 27.2. The summed E-state index contributed by atoms with van der Waals surface area (Å²) in [5, 5.41) is 4.85. The van der Waals surface area contributed by atoms with Gasteiger partial charge in [-0.3, -0.25) is 4.98 Å². The lowest BCUT2D eigenvalue weighted by atomic mass is 10.0. The lowest BCUT2D eigenvalue weighted by molar-refractivity contribution is 1.17. The van der Waals surface area contributed by atoms with Crippen molar-refractivity contribution in [3.8, 4) is 44.9 Å². The molecule has 50 heavy (non-hydrogen) atoms. The second-order valence-corrected chi connectivity index (χ2v) is 12.9. The Labute approximate surface area is 290 Å². The number of aromatic nitrogens is 3. The molecule has 0 aliphatic carbocycles. The molecule has 234 valence electrons. The number of hydrogen-bond donors (Lipinski definition) is 0. The highest BCUT2D eigenvalue weighted by atomic mass is 15.0. The molecule has 3 heteroatoms. The van der Waals surface area contributed by atoms with E-state index in [4.69, 9.17) is 4.98 Å². The Balaban J connectivity index is 1.10. The Morgan fingerprint density at radius 1 is 0.300 bits per heavy atom. The molecule has 0 fully saturated rings. The molecule has 7 aromatic carbocycles. The van der Waals surface area contributed by atoms with Gasteiger partial charge in [-0.1, -0.05) is 127 Å². The molecule has 3 nitrogen and oxygen atoms in total. The van der Waals surface area contributed by atoms with Gasteiger partial charge in [-0.05, 0) is 76.9 Å². The molecular formula is C47H31N3. The van der Waals surface area contributed by atoms with Crippen LogP contribution in [-0.2, 0) is 0 Å². The van der Waals surface area contributed by atoms with E-state index in [1.54, 1.807) is 0 Å². The van der Waals surface area contributed by atoms with Crippen LogP contribution < -0.4 is 0 Å². The van der Waals surface area contributed by atoms with Crippen molar-refractivity contribution in [3.05, 3.63) is 188 Å². The van der Waals surface area contributed by atoms with E-state index in [9.17, 15) is 0 Å². The van der Waals surface area contributed by atoms with Crippen LogP contribution in [0.3, 0.4) is 0 Å².